The molecule has 0 radical (unpaired) electrons. The Morgan fingerprint density at radius 1 is 1.24 bits per heavy atom. The van der Waals surface area contributed by atoms with Crippen LogP contribution >= 0.6 is 22.9 Å². The Morgan fingerprint density at radius 2 is 2.00 bits per heavy atom. The number of nitriles is 1. The van der Waals surface area contributed by atoms with Crippen molar-refractivity contribution in [2.24, 2.45) is 0 Å². The molecule has 0 fully saturated rings. The van der Waals surface area contributed by atoms with Gasteiger partial charge >= 0.3 is 12.1 Å². The molecule has 3 aromatic rings. The van der Waals surface area contributed by atoms with E-state index in [-0.39, 0.29) is 34.3 Å². The third-order valence-corrected chi connectivity index (χ3v) is 7.25. The monoisotopic (exact) mass is 548 g/mol. The SMILES string of the molecule is CCOC(=O)c1c(NC(=O)/C(C#N)=C/c2ccc(-c3cc(C(F)(F)F)ccc3Cl)o2)sc2c1CCCC2. The number of furan rings is 1. The van der Waals surface area contributed by atoms with Crippen molar-refractivity contribution in [1.29, 1.82) is 5.26 Å². The zero-order valence-corrected chi connectivity index (χ0v) is 21.1. The van der Waals surface area contributed by atoms with Gasteiger partial charge in [0.05, 0.1) is 22.8 Å². The van der Waals surface area contributed by atoms with Crippen molar-refractivity contribution in [3.05, 3.63) is 68.3 Å². The predicted octanol–water partition coefficient (Wildman–Crippen LogP) is 7.28. The van der Waals surface area contributed by atoms with E-state index in [1.807, 2.05) is 0 Å². The van der Waals surface area contributed by atoms with Gasteiger partial charge in [-0.05, 0) is 68.5 Å². The van der Waals surface area contributed by atoms with Crippen LogP contribution in [0.15, 0.2) is 40.3 Å². The van der Waals surface area contributed by atoms with Crippen LogP contribution in [-0.2, 0) is 28.5 Å². The number of ether oxygens (including phenoxy) is 1. The third kappa shape index (κ3) is 5.73. The van der Waals surface area contributed by atoms with E-state index in [1.54, 1.807) is 13.0 Å². The Hall–Kier alpha value is -3.55. The minimum Gasteiger partial charge on any atom is -0.462 e. The van der Waals surface area contributed by atoms with E-state index in [9.17, 15) is 28.0 Å². The standard InChI is InChI=1S/C26H20ClF3N2O4S/c1-2-35-25(34)22-17-5-3-4-6-21(17)37-24(22)32-23(33)14(13-31)11-16-8-10-20(36-16)18-12-15(26(28,29)30)7-9-19(18)27/h7-12H,2-6H2,1H3,(H,32,33)/b14-11+. The van der Waals surface area contributed by atoms with Crippen molar-refractivity contribution in [3.63, 3.8) is 0 Å². The lowest BCUT2D eigenvalue weighted by molar-refractivity contribution is -0.137. The number of rotatable bonds is 6. The first-order valence-electron chi connectivity index (χ1n) is 11.3. The number of nitrogens with one attached hydrogen (secondary N) is 1. The van der Waals surface area contributed by atoms with Crippen LogP contribution in [0.4, 0.5) is 18.2 Å². The van der Waals surface area contributed by atoms with E-state index in [4.69, 9.17) is 20.8 Å². The van der Waals surface area contributed by atoms with E-state index in [1.165, 1.54) is 23.5 Å². The van der Waals surface area contributed by atoms with Crippen LogP contribution in [0.2, 0.25) is 5.02 Å². The minimum atomic E-state index is -4.57. The van der Waals surface area contributed by atoms with Gasteiger partial charge in [0.1, 0.15) is 28.2 Å². The minimum absolute atomic E-state index is 0.0161. The van der Waals surface area contributed by atoms with Crippen molar-refractivity contribution in [2.45, 2.75) is 38.8 Å². The Balaban J connectivity index is 1.61. The van der Waals surface area contributed by atoms with Gasteiger partial charge in [0.25, 0.3) is 5.91 Å². The topological polar surface area (TPSA) is 92.3 Å². The zero-order valence-electron chi connectivity index (χ0n) is 19.5. The average molecular weight is 549 g/mol. The lowest BCUT2D eigenvalue weighted by Crippen LogP contribution is -2.16. The quantitative estimate of drug-likeness (QED) is 0.198. The zero-order chi connectivity index (χ0) is 26.7. The molecule has 0 spiro atoms. The molecule has 1 aliphatic carbocycles. The number of benzene rings is 1. The molecule has 2 heterocycles. The predicted molar refractivity (Wildman–Crippen MR) is 133 cm³/mol. The van der Waals surface area contributed by atoms with Crippen LogP contribution < -0.4 is 5.32 Å². The Labute approximate surface area is 219 Å². The highest BCUT2D eigenvalue weighted by Crippen LogP contribution is 2.39. The highest BCUT2D eigenvalue weighted by molar-refractivity contribution is 7.17. The molecule has 0 bridgehead atoms. The number of hydrogen-bond acceptors (Lipinski definition) is 6. The van der Waals surface area contributed by atoms with Crippen LogP contribution in [-0.4, -0.2) is 18.5 Å². The summed E-state index contributed by atoms with van der Waals surface area (Å²) in [6.45, 7) is 1.87. The molecule has 0 atom stereocenters. The number of nitrogens with zero attached hydrogens (tertiary/aromatic N) is 1. The van der Waals surface area contributed by atoms with Gasteiger partial charge < -0.3 is 14.5 Å². The summed E-state index contributed by atoms with van der Waals surface area (Å²) in [5.74, 6) is -1.20. The maximum Gasteiger partial charge on any atom is 0.416 e. The van der Waals surface area contributed by atoms with E-state index >= 15 is 0 Å². The molecule has 0 unspecified atom stereocenters. The third-order valence-electron chi connectivity index (χ3n) is 5.72. The van der Waals surface area contributed by atoms with Gasteiger partial charge in [-0.2, -0.15) is 18.4 Å². The first-order valence-corrected chi connectivity index (χ1v) is 12.5. The number of alkyl halides is 3. The van der Waals surface area contributed by atoms with E-state index in [0.717, 1.165) is 54.0 Å². The van der Waals surface area contributed by atoms with Gasteiger partial charge in [0.2, 0.25) is 0 Å². The second-order valence-corrected chi connectivity index (χ2v) is 9.67. The smallest absolute Gasteiger partial charge is 0.416 e. The molecule has 6 nitrogen and oxygen atoms in total. The Kier molecular flexibility index (Phi) is 7.76. The second-order valence-electron chi connectivity index (χ2n) is 8.15. The second kappa shape index (κ2) is 10.8. The van der Waals surface area contributed by atoms with Crippen molar-refractivity contribution in [1.82, 2.24) is 0 Å². The fraction of sp³-hybridized carbons (Fsp3) is 0.269. The summed E-state index contributed by atoms with van der Waals surface area (Å²) in [5, 5.41) is 12.6. The van der Waals surface area contributed by atoms with Crippen LogP contribution in [0.5, 0.6) is 0 Å². The summed E-state index contributed by atoms with van der Waals surface area (Å²) in [5.41, 5.74) is -0.0270. The first-order chi connectivity index (χ1) is 17.6. The van der Waals surface area contributed by atoms with Gasteiger partial charge in [0, 0.05) is 16.5 Å². The number of amides is 1. The molecule has 1 N–H and O–H groups in total. The largest absolute Gasteiger partial charge is 0.462 e. The number of carbonyl (C=O) groups excluding carboxylic acids is 2. The molecule has 0 saturated heterocycles. The van der Waals surface area contributed by atoms with E-state index < -0.39 is 23.6 Å². The molecule has 192 valence electrons. The van der Waals surface area contributed by atoms with Crippen molar-refractivity contribution in [2.75, 3.05) is 11.9 Å². The maximum atomic E-state index is 13.1. The number of carbonyl (C=O) groups is 2. The molecule has 0 aliphatic heterocycles. The molecule has 1 amide bonds. The number of aryl methyl sites for hydroxylation is 1. The molecule has 37 heavy (non-hydrogen) atoms. The lowest BCUT2D eigenvalue weighted by Gasteiger charge is -2.12. The Morgan fingerprint density at radius 3 is 2.70 bits per heavy atom. The highest BCUT2D eigenvalue weighted by Gasteiger charge is 2.31. The number of hydrogen-bond donors (Lipinski definition) is 1. The summed E-state index contributed by atoms with van der Waals surface area (Å²) >= 11 is 7.36. The molecular weight excluding hydrogens is 529 g/mol. The fourth-order valence-corrected chi connectivity index (χ4v) is 5.48. The first kappa shape index (κ1) is 26.5. The van der Waals surface area contributed by atoms with Gasteiger partial charge in [-0.15, -0.1) is 11.3 Å². The van der Waals surface area contributed by atoms with Crippen LogP contribution in [0.25, 0.3) is 17.4 Å². The van der Waals surface area contributed by atoms with Crippen molar-refractivity contribution in [3.8, 4) is 17.4 Å². The van der Waals surface area contributed by atoms with Crippen LogP contribution in [0.1, 0.15) is 51.9 Å². The summed E-state index contributed by atoms with van der Waals surface area (Å²) in [6.07, 6.45) is -0.0184. The number of halogens is 4. The van der Waals surface area contributed by atoms with Crippen LogP contribution in [0, 0.1) is 11.3 Å². The molecule has 2 aromatic heterocycles. The highest BCUT2D eigenvalue weighted by atomic mass is 35.5. The van der Waals surface area contributed by atoms with E-state index in [0.29, 0.717) is 17.0 Å². The van der Waals surface area contributed by atoms with Crippen molar-refractivity contribution >= 4 is 45.9 Å². The van der Waals surface area contributed by atoms with E-state index in [2.05, 4.69) is 5.32 Å². The van der Waals surface area contributed by atoms with Gasteiger partial charge in [-0.1, -0.05) is 11.6 Å². The number of thiophene rings is 1. The number of anilines is 1. The average Bonchev–Trinajstić information content (AvgIpc) is 3.46. The summed E-state index contributed by atoms with van der Waals surface area (Å²) < 4.78 is 50.1. The van der Waals surface area contributed by atoms with Gasteiger partial charge in [-0.25, -0.2) is 4.79 Å². The molecule has 1 aliphatic rings. The van der Waals surface area contributed by atoms with Gasteiger partial charge in [0.15, 0.2) is 0 Å². The maximum absolute atomic E-state index is 13.1. The van der Waals surface area contributed by atoms with Gasteiger partial charge in [-0.3, -0.25) is 4.79 Å². The fourth-order valence-electron chi connectivity index (χ4n) is 4.00. The molecular formula is C26H20ClF3N2O4S. The number of esters is 1. The number of fused-ring (bicyclic) bond motifs is 1. The summed E-state index contributed by atoms with van der Waals surface area (Å²) in [7, 11) is 0. The summed E-state index contributed by atoms with van der Waals surface area (Å²) in [6, 6.07) is 7.44. The molecule has 11 heteroatoms. The van der Waals surface area contributed by atoms with Crippen molar-refractivity contribution < 1.29 is 31.9 Å². The molecule has 4 rings (SSSR count). The van der Waals surface area contributed by atoms with Crippen LogP contribution in [0.3, 0.4) is 0 Å². The molecule has 1 aromatic carbocycles. The summed E-state index contributed by atoms with van der Waals surface area (Å²) in [4.78, 5) is 26.6. The Bertz CT molecular complexity index is 1430. The lowest BCUT2D eigenvalue weighted by atomic mass is 9.95. The normalized spacial score (nSPS) is 13.6. The molecule has 0 saturated carbocycles.